The summed E-state index contributed by atoms with van der Waals surface area (Å²) in [6, 6.07) is 11.8. The molecule has 0 aliphatic carbocycles. The SMILES string of the molecule is Br.Oc1cc2c(c(Cl)c1O)CCNC[C@@H]2c1ccccc1. The van der Waals surface area contributed by atoms with Crippen LogP contribution in [0.25, 0.3) is 0 Å². The number of fused-ring (bicyclic) bond motifs is 1. The normalized spacial score (nSPS) is 17.5. The fraction of sp³-hybridized carbons (Fsp3) is 0.250. The molecule has 5 heteroatoms. The predicted octanol–water partition coefficient (Wildman–Crippen LogP) is 3.61. The summed E-state index contributed by atoms with van der Waals surface area (Å²) in [6.45, 7) is 1.60. The standard InChI is InChI=1S/C16H16ClNO2.BrH/c17-15-11-6-7-18-9-13(10-4-2-1-3-5-10)12(11)8-14(19)16(15)20;/h1-5,8,13,18-20H,6-7,9H2;1H/t13-;/m1./s1. The molecule has 21 heavy (non-hydrogen) atoms. The van der Waals surface area contributed by atoms with Crippen molar-refractivity contribution in [3.05, 3.63) is 58.1 Å². The molecule has 0 saturated heterocycles. The minimum Gasteiger partial charge on any atom is -0.504 e. The fourth-order valence-electron chi connectivity index (χ4n) is 2.80. The summed E-state index contributed by atoms with van der Waals surface area (Å²) in [4.78, 5) is 0. The lowest BCUT2D eigenvalue weighted by Gasteiger charge is -2.20. The molecule has 0 spiro atoms. The average Bonchev–Trinajstić information content (AvgIpc) is 2.68. The topological polar surface area (TPSA) is 52.5 Å². The van der Waals surface area contributed by atoms with E-state index in [9.17, 15) is 10.2 Å². The van der Waals surface area contributed by atoms with E-state index in [2.05, 4.69) is 17.4 Å². The third-order valence-corrected chi connectivity index (χ3v) is 4.24. The number of hydrogen-bond donors (Lipinski definition) is 3. The highest BCUT2D eigenvalue weighted by molar-refractivity contribution is 8.93. The van der Waals surface area contributed by atoms with Crippen LogP contribution in [0.5, 0.6) is 11.5 Å². The second kappa shape index (κ2) is 6.69. The van der Waals surface area contributed by atoms with E-state index in [-0.39, 0.29) is 39.4 Å². The van der Waals surface area contributed by atoms with Crippen molar-refractivity contribution in [1.29, 1.82) is 0 Å². The number of hydrogen-bond acceptors (Lipinski definition) is 3. The first kappa shape index (κ1) is 16.1. The van der Waals surface area contributed by atoms with Crippen molar-refractivity contribution in [1.82, 2.24) is 5.32 Å². The molecule has 1 heterocycles. The second-order valence-electron chi connectivity index (χ2n) is 5.04. The van der Waals surface area contributed by atoms with Crippen LogP contribution in [0, 0.1) is 0 Å². The lowest BCUT2D eigenvalue weighted by molar-refractivity contribution is 0.402. The third-order valence-electron chi connectivity index (χ3n) is 3.83. The van der Waals surface area contributed by atoms with Gasteiger partial charge in [-0.3, -0.25) is 0 Å². The molecular formula is C16H17BrClNO2. The Kier molecular flexibility index (Phi) is 5.14. The molecule has 2 aromatic rings. The zero-order valence-corrected chi connectivity index (χ0v) is 13.8. The summed E-state index contributed by atoms with van der Waals surface area (Å²) in [6.07, 6.45) is 0.741. The predicted molar refractivity (Wildman–Crippen MR) is 90.0 cm³/mol. The smallest absolute Gasteiger partial charge is 0.176 e. The summed E-state index contributed by atoms with van der Waals surface area (Å²) < 4.78 is 0. The second-order valence-corrected chi connectivity index (χ2v) is 5.42. The van der Waals surface area contributed by atoms with Gasteiger partial charge in [0.05, 0.1) is 5.02 Å². The summed E-state index contributed by atoms with van der Waals surface area (Å²) in [5, 5.41) is 23.3. The largest absolute Gasteiger partial charge is 0.504 e. The number of nitrogens with one attached hydrogen (secondary N) is 1. The minimum atomic E-state index is -0.223. The number of benzene rings is 2. The lowest BCUT2D eigenvalue weighted by atomic mass is 9.87. The van der Waals surface area contributed by atoms with Crippen molar-refractivity contribution in [3.8, 4) is 11.5 Å². The number of rotatable bonds is 1. The number of phenolic OH excluding ortho intramolecular Hbond substituents is 2. The van der Waals surface area contributed by atoms with Crippen molar-refractivity contribution in [2.24, 2.45) is 0 Å². The van der Waals surface area contributed by atoms with Gasteiger partial charge in [0.2, 0.25) is 0 Å². The molecule has 0 fully saturated rings. The molecule has 2 aromatic carbocycles. The van der Waals surface area contributed by atoms with E-state index in [1.165, 1.54) is 5.56 Å². The molecule has 3 N–H and O–H groups in total. The van der Waals surface area contributed by atoms with Crippen molar-refractivity contribution in [3.63, 3.8) is 0 Å². The van der Waals surface area contributed by atoms with Crippen LogP contribution in [0.15, 0.2) is 36.4 Å². The molecule has 1 aliphatic heterocycles. The van der Waals surface area contributed by atoms with E-state index in [4.69, 9.17) is 11.6 Å². The summed E-state index contributed by atoms with van der Waals surface area (Å²) in [7, 11) is 0. The Balaban J connectivity index is 0.00000161. The summed E-state index contributed by atoms with van der Waals surface area (Å²) >= 11 is 6.20. The van der Waals surface area contributed by atoms with Crippen LogP contribution < -0.4 is 5.32 Å². The first-order chi connectivity index (χ1) is 9.68. The monoisotopic (exact) mass is 369 g/mol. The van der Waals surface area contributed by atoms with Gasteiger partial charge in [-0.05, 0) is 35.7 Å². The molecule has 0 bridgehead atoms. The molecule has 1 aliphatic rings. The van der Waals surface area contributed by atoms with Crippen LogP contribution in [-0.4, -0.2) is 23.3 Å². The van der Waals surface area contributed by atoms with Gasteiger partial charge in [-0.1, -0.05) is 41.9 Å². The van der Waals surface area contributed by atoms with Gasteiger partial charge in [-0.2, -0.15) is 0 Å². The van der Waals surface area contributed by atoms with Gasteiger partial charge >= 0.3 is 0 Å². The van der Waals surface area contributed by atoms with Crippen LogP contribution in [0.2, 0.25) is 5.02 Å². The van der Waals surface area contributed by atoms with Gasteiger partial charge in [-0.25, -0.2) is 0 Å². The van der Waals surface area contributed by atoms with Gasteiger partial charge in [0.1, 0.15) is 0 Å². The van der Waals surface area contributed by atoms with Gasteiger partial charge < -0.3 is 15.5 Å². The highest BCUT2D eigenvalue weighted by atomic mass is 79.9. The van der Waals surface area contributed by atoms with Crippen LogP contribution in [0.1, 0.15) is 22.6 Å². The van der Waals surface area contributed by atoms with Gasteiger partial charge in [0.25, 0.3) is 0 Å². The molecule has 0 amide bonds. The molecule has 0 aromatic heterocycles. The highest BCUT2D eigenvalue weighted by Crippen LogP contribution is 2.42. The van der Waals surface area contributed by atoms with Gasteiger partial charge in [0.15, 0.2) is 11.5 Å². The van der Waals surface area contributed by atoms with Crippen molar-refractivity contribution >= 4 is 28.6 Å². The van der Waals surface area contributed by atoms with Crippen molar-refractivity contribution in [2.75, 3.05) is 13.1 Å². The van der Waals surface area contributed by atoms with Gasteiger partial charge in [-0.15, -0.1) is 17.0 Å². The number of aromatic hydroxyl groups is 2. The maximum absolute atomic E-state index is 9.86. The van der Waals surface area contributed by atoms with E-state index in [1.54, 1.807) is 6.07 Å². The first-order valence-electron chi connectivity index (χ1n) is 6.67. The molecule has 112 valence electrons. The Hall–Kier alpha value is -1.23. The molecule has 0 radical (unpaired) electrons. The minimum absolute atomic E-state index is 0. The van der Waals surface area contributed by atoms with Crippen molar-refractivity contribution < 1.29 is 10.2 Å². The highest BCUT2D eigenvalue weighted by Gasteiger charge is 2.25. The van der Waals surface area contributed by atoms with E-state index < -0.39 is 0 Å². The third kappa shape index (κ3) is 3.03. The maximum atomic E-state index is 9.86. The molecule has 0 unspecified atom stereocenters. The molecule has 3 rings (SSSR count). The zero-order valence-electron chi connectivity index (χ0n) is 11.3. The fourth-order valence-corrected chi connectivity index (χ4v) is 3.10. The van der Waals surface area contributed by atoms with E-state index in [1.807, 2.05) is 18.2 Å². The molecular weight excluding hydrogens is 354 g/mol. The number of halogens is 2. The maximum Gasteiger partial charge on any atom is 0.176 e. The Morgan fingerprint density at radius 2 is 1.86 bits per heavy atom. The number of phenols is 2. The van der Waals surface area contributed by atoms with Gasteiger partial charge in [0, 0.05) is 12.5 Å². The summed E-state index contributed by atoms with van der Waals surface area (Å²) in [5.74, 6) is -0.256. The Bertz CT molecular complexity index is 634. The van der Waals surface area contributed by atoms with Crippen LogP contribution >= 0.6 is 28.6 Å². The first-order valence-corrected chi connectivity index (χ1v) is 7.05. The Labute approximate surface area is 139 Å². The summed E-state index contributed by atoms with van der Waals surface area (Å²) in [5.41, 5.74) is 3.08. The lowest BCUT2D eigenvalue weighted by Crippen LogP contribution is -2.20. The van der Waals surface area contributed by atoms with Crippen LogP contribution in [0.4, 0.5) is 0 Å². The van der Waals surface area contributed by atoms with Crippen LogP contribution in [-0.2, 0) is 6.42 Å². The van der Waals surface area contributed by atoms with E-state index >= 15 is 0 Å². The van der Waals surface area contributed by atoms with E-state index in [0.29, 0.717) is 0 Å². The molecule has 1 atom stereocenters. The molecule has 3 nitrogen and oxygen atoms in total. The van der Waals surface area contributed by atoms with Crippen molar-refractivity contribution in [2.45, 2.75) is 12.3 Å². The molecule has 0 saturated carbocycles. The van der Waals surface area contributed by atoms with E-state index in [0.717, 1.165) is 30.6 Å². The Morgan fingerprint density at radius 1 is 1.14 bits per heavy atom. The zero-order chi connectivity index (χ0) is 14.1. The van der Waals surface area contributed by atoms with Crippen LogP contribution in [0.3, 0.4) is 0 Å². The average molecular weight is 371 g/mol. The Morgan fingerprint density at radius 3 is 2.57 bits per heavy atom. The quantitative estimate of drug-likeness (QED) is 0.672.